The van der Waals surface area contributed by atoms with E-state index in [-0.39, 0.29) is 0 Å². The summed E-state index contributed by atoms with van der Waals surface area (Å²) in [5.74, 6) is 0.810. The van der Waals surface area contributed by atoms with Gasteiger partial charge in [-0.2, -0.15) is 5.10 Å². The van der Waals surface area contributed by atoms with Crippen LogP contribution in [-0.4, -0.2) is 28.9 Å². The highest BCUT2D eigenvalue weighted by atomic mass is 16.6. The van der Waals surface area contributed by atoms with Gasteiger partial charge in [0.05, 0.1) is 18.3 Å². The van der Waals surface area contributed by atoms with Gasteiger partial charge in [0.25, 0.3) is 5.91 Å². The Bertz CT molecular complexity index is 666. The Hall–Kier alpha value is -2.70. The monoisotopic (exact) mass is 274 g/mol. The topological polar surface area (TPSA) is 105 Å². The average molecular weight is 274 g/mol. The SMILES string of the molecule is NC(=O)c1cnn(Cc2cc3c(cc2N)OCCO3)c1. The van der Waals surface area contributed by atoms with Crippen molar-refractivity contribution < 1.29 is 14.3 Å². The minimum atomic E-state index is -0.508. The van der Waals surface area contributed by atoms with Crippen LogP contribution in [0.25, 0.3) is 0 Å². The first kappa shape index (κ1) is 12.3. The molecule has 0 spiro atoms. The molecule has 7 nitrogen and oxygen atoms in total. The summed E-state index contributed by atoms with van der Waals surface area (Å²) in [5, 5.41) is 4.07. The molecular weight excluding hydrogens is 260 g/mol. The number of rotatable bonds is 3. The van der Waals surface area contributed by atoms with Gasteiger partial charge >= 0.3 is 0 Å². The molecule has 4 N–H and O–H groups in total. The van der Waals surface area contributed by atoms with Gasteiger partial charge in [-0.1, -0.05) is 0 Å². The third-order valence-electron chi connectivity index (χ3n) is 3.05. The third-order valence-corrected chi connectivity index (χ3v) is 3.05. The van der Waals surface area contributed by atoms with Gasteiger partial charge in [0, 0.05) is 23.5 Å². The number of nitrogen functional groups attached to an aromatic ring is 1. The van der Waals surface area contributed by atoms with Crippen LogP contribution in [0.5, 0.6) is 11.5 Å². The van der Waals surface area contributed by atoms with Crippen molar-refractivity contribution in [2.45, 2.75) is 6.54 Å². The van der Waals surface area contributed by atoms with E-state index in [1.165, 1.54) is 6.20 Å². The molecule has 0 unspecified atom stereocenters. The number of amides is 1. The number of primary amides is 1. The number of fused-ring (bicyclic) bond motifs is 1. The fourth-order valence-electron chi connectivity index (χ4n) is 2.04. The quantitative estimate of drug-likeness (QED) is 0.787. The molecule has 1 aromatic carbocycles. The van der Waals surface area contributed by atoms with Gasteiger partial charge in [-0.25, -0.2) is 0 Å². The molecule has 0 radical (unpaired) electrons. The number of nitrogens with zero attached hydrogens (tertiary/aromatic N) is 2. The molecule has 7 heteroatoms. The molecule has 1 amide bonds. The van der Waals surface area contributed by atoms with Crippen LogP contribution in [0, 0.1) is 0 Å². The molecule has 3 rings (SSSR count). The number of ether oxygens (including phenoxy) is 2. The number of carbonyl (C=O) groups excluding carboxylic acids is 1. The molecule has 104 valence electrons. The van der Waals surface area contributed by atoms with Crippen LogP contribution in [0.3, 0.4) is 0 Å². The molecule has 0 saturated heterocycles. The second-order valence-corrected chi connectivity index (χ2v) is 4.49. The molecular formula is C13H14N4O3. The van der Waals surface area contributed by atoms with Gasteiger partial charge < -0.3 is 20.9 Å². The average Bonchev–Trinajstić information content (AvgIpc) is 2.88. The molecule has 1 aliphatic rings. The van der Waals surface area contributed by atoms with E-state index in [2.05, 4.69) is 5.10 Å². The summed E-state index contributed by atoms with van der Waals surface area (Å²) in [7, 11) is 0. The van der Waals surface area contributed by atoms with Gasteiger partial charge in [-0.15, -0.1) is 0 Å². The second kappa shape index (κ2) is 4.76. The second-order valence-electron chi connectivity index (χ2n) is 4.49. The first-order valence-electron chi connectivity index (χ1n) is 6.14. The van der Waals surface area contributed by atoms with Gasteiger partial charge in [0.1, 0.15) is 13.2 Å². The van der Waals surface area contributed by atoms with Crippen molar-refractivity contribution in [3.8, 4) is 11.5 Å². The predicted molar refractivity (Wildman–Crippen MR) is 71.7 cm³/mol. The first-order chi connectivity index (χ1) is 9.63. The Morgan fingerprint density at radius 1 is 1.30 bits per heavy atom. The predicted octanol–water partition coefficient (Wildman–Crippen LogP) is 0.384. The smallest absolute Gasteiger partial charge is 0.251 e. The summed E-state index contributed by atoms with van der Waals surface area (Å²) in [6.07, 6.45) is 3.01. The summed E-state index contributed by atoms with van der Waals surface area (Å²) in [5.41, 5.74) is 13.0. The van der Waals surface area contributed by atoms with Crippen LogP contribution < -0.4 is 20.9 Å². The van der Waals surface area contributed by atoms with Gasteiger partial charge in [0.15, 0.2) is 11.5 Å². The van der Waals surface area contributed by atoms with Crippen molar-refractivity contribution in [1.82, 2.24) is 9.78 Å². The molecule has 1 aliphatic heterocycles. The molecule has 1 aromatic heterocycles. The summed E-state index contributed by atoms with van der Waals surface area (Å²) in [6.45, 7) is 1.46. The summed E-state index contributed by atoms with van der Waals surface area (Å²) < 4.78 is 12.6. The molecule has 20 heavy (non-hydrogen) atoms. The lowest BCUT2D eigenvalue weighted by atomic mass is 10.1. The molecule has 2 heterocycles. The van der Waals surface area contributed by atoms with Gasteiger partial charge in [-0.05, 0) is 6.07 Å². The number of benzene rings is 1. The lowest BCUT2D eigenvalue weighted by Gasteiger charge is -2.20. The van der Waals surface area contributed by atoms with E-state index in [1.54, 1.807) is 16.9 Å². The molecule has 0 saturated carbocycles. The van der Waals surface area contributed by atoms with Crippen LogP contribution in [0.4, 0.5) is 5.69 Å². The van der Waals surface area contributed by atoms with E-state index < -0.39 is 5.91 Å². The minimum absolute atomic E-state index is 0.362. The fourth-order valence-corrected chi connectivity index (χ4v) is 2.04. The Morgan fingerprint density at radius 2 is 2.00 bits per heavy atom. The number of nitrogens with two attached hydrogens (primary N) is 2. The van der Waals surface area contributed by atoms with Crippen molar-refractivity contribution in [2.75, 3.05) is 18.9 Å². The summed E-state index contributed by atoms with van der Waals surface area (Å²) in [4.78, 5) is 11.0. The number of hydrogen-bond acceptors (Lipinski definition) is 5. The van der Waals surface area contributed by atoms with E-state index in [0.717, 1.165) is 5.56 Å². The Morgan fingerprint density at radius 3 is 2.65 bits per heavy atom. The maximum absolute atomic E-state index is 11.0. The van der Waals surface area contributed by atoms with E-state index in [1.807, 2.05) is 6.07 Å². The van der Waals surface area contributed by atoms with Crippen molar-refractivity contribution in [3.63, 3.8) is 0 Å². The zero-order chi connectivity index (χ0) is 14.1. The van der Waals surface area contributed by atoms with Crippen molar-refractivity contribution in [3.05, 3.63) is 35.7 Å². The summed E-state index contributed by atoms with van der Waals surface area (Å²) in [6, 6.07) is 3.57. The first-order valence-corrected chi connectivity index (χ1v) is 6.14. The Kier molecular flexibility index (Phi) is 2.94. The zero-order valence-corrected chi connectivity index (χ0v) is 10.7. The summed E-state index contributed by atoms with van der Waals surface area (Å²) >= 11 is 0. The highest BCUT2D eigenvalue weighted by Crippen LogP contribution is 2.34. The van der Waals surface area contributed by atoms with E-state index in [0.29, 0.717) is 42.5 Å². The van der Waals surface area contributed by atoms with E-state index in [4.69, 9.17) is 20.9 Å². The lowest BCUT2D eigenvalue weighted by molar-refractivity contribution is 0.1000. The third kappa shape index (κ3) is 2.25. The lowest BCUT2D eigenvalue weighted by Crippen LogP contribution is -2.16. The molecule has 0 aliphatic carbocycles. The number of anilines is 1. The molecule has 0 atom stereocenters. The van der Waals surface area contributed by atoms with Crippen LogP contribution in [0.2, 0.25) is 0 Å². The number of carbonyl (C=O) groups is 1. The standard InChI is InChI=1S/C13H14N4O3/c14-10-4-12-11(19-1-2-20-12)3-8(10)6-17-7-9(5-16-17)13(15)18/h3-5,7H,1-2,6,14H2,(H2,15,18). The van der Waals surface area contributed by atoms with Crippen LogP contribution in [0.15, 0.2) is 24.5 Å². The molecule has 0 fully saturated rings. The normalized spacial score (nSPS) is 13.2. The van der Waals surface area contributed by atoms with Crippen molar-refractivity contribution in [1.29, 1.82) is 0 Å². The van der Waals surface area contributed by atoms with Gasteiger partial charge in [-0.3, -0.25) is 9.48 Å². The van der Waals surface area contributed by atoms with Crippen LogP contribution >= 0.6 is 0 Å². The van der Waals surface area contributed by atoms with Gasteiger partial charge in [0.2, 0.25) is 0 Å². The maximum atomic E-state index is 11.0. The maximum Gasteiger partial charge on any atom is 0.251 e. The van der Waals surface area contributed by atoms with Crippen LogP contribution in [-0.2, 0) is 6.54 Å². The van der Waals surface area contributed by atoms with Crippen LogP contribution in [0.1, 0.15) is 15.9 Å². The largest absolute Gasteiger partial charge is 0.486 e. The Labute approximate surface area is 115 Å². The van der Waals surface area contributed by atoms with Crippen molar-refractivity contribution >= 4 is 11.6 Å². The minimum Gasteiger partial charge on any atom is -0.486 e. The molecule has 0 bridgehead atoms. The molecule has 2 aromatic rings. The van der Waals surface area contributed by atoms with E-state index >= 15 is 0 Å². The zero-order valence-electron chi connectivity index (χ0n) is 10.7. The highest BCUT2D eigenvalue weighted by Gasteiger charge is 2.15. The fraction of sp³-hybridized carbons (Fsp3) is 0.231. The highest BCUT2D eigenvalue weighted by molar-refractivity contribution is 5.92. The number of aromatic nitrogens is 2. The number of hydrogen-bond donors (Lipinski definition) is 2. The van der Waals surface area contributed by atoms with Crippen molar-refractivity contribution in [2.24, 2.45) is 5.73 Å². The van der Waals surface area contributed by atoms with E-state index in [9.17, 15) is 4.79 Å². The Balaban J connectivity index is 1.88.